The van der Waals surface area contributed by atoms with Gasteiger partial charge in [0.15, 0.2) is 0 Å². The molecule has 4 aromatic rings. The number of ether oxygens (including phenoxy) is 1. The Morgan fingerprint density at radius 2 is 1.82 bits per heavy atom. The first-order valence-corrected chi connectivity index (χ1v) is 10.7. The Bertz CT molecular complexity index is 1280. The quantitative estimate of drug-likeness (QED) is 0.437. The van der Waals surface area contributed by atoms with Crippen molar-refractivity contribution in [3.63, 3.8) is 0 Å². The molecule has 0 aliphatic rings. The zero-order chi connectivity index (χ0) is 23.4. The van der Waals surface area contributed by atoms with E-state index in [1.54, 1.807) is 47.9 Å². The predicted octanol–water partition coefficient (Wildman–Crippen LogP) is 4.27. The Balaban J connectivity index is 1.79. The van der Waals surface area contributed by atoms with Gasteiger partial charge in [0.2, 0.25) is 5.95 Å². The summed E-state index contributed by atoms with van der Waals surface area (Å²) in [7, 11) is 3.40. The Morgan fingerprint density at radius 1 is 1.09 bits per heavy atom. The minimum Gasteiger partial charge on any atom is -0.383 e. The van der Waals surface area contributed by atoms with E-state index in [1.165, 1.54) is 12.1 Å². The maximum atomic E-state index is 13.6. The highest BCUT2D eigenvalue weighted by Gasteiger charge is 2.22. The number of benzene rings is 2. The largest absolute Gasteiger partial charge is 0.383 e. The summed E-state index contributed by atoms with van der Waals surface area (Å²) in [5.74, 6) is 0.0883. The Kier molecular flexibility index (Phi) is 6.65. The minimum absolute atomic E-state index is 0.00635. The lowest BCUT2D eigenvalue weighted by atomic mass is 10.0. The maximum Gasteiger partial charge on any atom is 0.275 e. The SMILES string of the molecule is COCCn1c(=O)c(-c2ccc(F)cc2)c(-c2ccnc(NC(C)c3ccccc3)n2)n1C. The van der Waals surface area contributed by atoms with Crippen molar-refractivity contribution in [2.24, 2.45) is 7.05 Å². The molecule has 2 aromatic heterocycles. The van der Waals surface area contributed by atoms with Crippen LogP contribution in [-0.2, 0) is 18.3 Å². The fourth-order valence-corrected chi connectivity index (χ4v) is 3.83. The molecule has 7 nitrogen and oxygen atoms in total. The zero-order valence-corrected chi connectivity index (χ0v) is 18.8. The predicted molar refractivity (Wildman–Crippen MR) is 126 cm³/mol. The van der Waals surface area contributed by atoms with Crippen molar-refractivity contribution in [3.8, 4) is 22.5 Å². The molecule has 0 radical (unpaired) electrons. The van der Waals surface area contributed by atoms with E-state index in [-0.39, 0.29) is 17.4 Å². The highest BCUT2D eigenvalue weighted by molar-refractivity contribution is 5.79. The Labute approximate surface area is 191 Å². The van der Waals surface area contributed by atoms with E-state index in [4.69, 9.17) is 9.72 Å². The van der Waals surface area contributed by atoms with Crippen molar-refractivity contribution in [1.82, 2.24) is 19.3 Å². The highest BCUT2D eigenvalue weighted by atomic mass is 19.1. The van der Waals surface area contributed by atoms with Crippen LogP contribution in [0, 0.1) is 5.82 Å². The van der Waals surface area contributed by atoms with Gasteiger partial charge in [-0.1, -0.05) is 42.5 Å². The van der Waals surface area contributed by atoms with Gasteiger partial charge in [-0.15, -0.1) is 0 Å². The summed E-state index contributed by atoms with van der Waals surface area (Å²) < 4.78 is 22.1. The number of methoxy groups -OCH3 is 1. The van der Waals surface area contributed by atoms with Gasteiger partial charge in [-0.25, -0.2) is 19.0 Å². The number of aromatic nitrogens is 4. The van der Waals surface area contributed by atoms with E-state index in [2.05, 4.69) is 10.3 Å². The first kappa shape index (κ1) is 22.4. The summed E-state index contributed by atoms with van der Waals surface area (Å²) in [5.41, 5.74) is 3.20. The summed E-state index contributed by atoms with van der Waals surface area (Å²) in [6.07, 6.45) is 1.66. The number of hydrogen-bond acceptors (Lipinski definition) is 5. The molecule has 170 valence electrons. The zero-order valence-electron chi connectivity index (χ0n) is 18.8. The summed E-state index contributed by atoms with van der Waals surface area (Å²) in [6, 6.07) is 17.7. The molecule has 0 amide bonds. The molecule has 0 fully saturated rings. The van der Waals surface area contributed by atoms with Crippen LogP contribution in [0.15, 0.2) is 71.7 Å². The molecule has 0 aliphatic carbocycles. The van der Waals surface area contributed by atoms with Crippen LogP contribution >= 0.6 is 0 Å². The standard InChI is InChI=1S/C25H26FN5O2/c1-17(18-7-5-4-6-8-18)28-25-27-14-13-21(29-25)23-22(19-9-11-20(26)12-10-19)24(32)31(30(23)2)15-16-33-3/h4-14,17H,15-16H2,1-3H3,(H,27,28,29). The van der Waals surface area contributed by atoms with Crippen LogP contribution in [-0.4, -0.2) is 33.0 Å². The fraction of sp³-hybridized carbons (Fsp3) is 0.240. The van der Waals surface area contributed by atoms with Crippen molar-refractivity contribution in [2.75, 3.05) is 19.0 Å². The lowest BCUT2D eigenvalue weighted by Crippen LogP contribution is -2.24. The van der Waals surface area contributed by atoms with Crippen LogP contribution in [0.3, 0.4) is 0 Å². The van der Waals surface area contributed by atoms with Crippen molar-refractivity contribution in [3.05, 3.63) is 88.6 Å². The van der Waals surface area contributed by atoms with Crippen LogP contribution < -0.4 is 10.9 Å². The van der Waals surface area contributed by atoms with E-state index < -0.39 is 0 Å². The third-order valence-corrected chi connectivity index (χ3v) is 5.55. The number of nitrogens with zero attached hydrogens (tertiary/aromatic N) is 4. The molecule has 0 saturated heterocycles. The van der Waals surface area contributed by atoms with Gasteiger partial charge in [-0.05, 0) is 36.2 Å². The highest BCUT2D eigenvalue weighted by Crippen LogP contribution is 2.29. The number of anilines is 1. The minimum atomic E-state index is -0.362. The fourth-order valence-electron chi connectivity index (χ4n) is 3.83. The van der Waals surface area contributed by atoms with Gasteiger partial charge in [0, 0.05) is 20.4 Å². The molecule has 1 atom stereocenters. The van der Waals surface area contributed by atoms with E-state index >= 15 is 0 Å². The summed E-state index contributed by atoms with van der Waals surface area (Å²) >= 11 is 0. The third-order valence-electron chi connectivity index (χ3n) is 5.55. The first-order chi connectivity index (χ1) is 16.0. The molecular weight excluding hydrogens is 421 g/mol. The molecule has 8 heteroatoms. The van der Waals surface area contributed by atoms with Crippen molar-refractivity contribution in [1.29, 1.82) is 0 Å². The summed E-state index contributed by atoms with van der Waals surface area (Å²) in [5, 5.41) is 3.32. The molecule has 2 aromatic carbocycles. The summed E-state index contributed by atoms with van der Waals surface area (Å²) in [6.45, 7) is 2.79. The van der Waals surface area contributed by atoms with Crippen LogP contribution in [0.25, 0.3) is 22.5 Å². The Morgan fingerprint density at radius 3 is 2.52 bits per heavy atom. The molecule has 33 heavy (non-hydrogen) atoms. The number of rotatable bonds is 8. The monoisotopic (exact) mass is 447 g/mol. The van der Waals surface area contributed by atoms with Gasteiger partial charge in [0.25, 0.3) is 5.56 Å². The van der Waals surface area contributed by atoms with E-state index in [9.17, 15) is 9.18 Å². The van der Waals surface area contributed by atoms with Crippen LogP contribution in [0.2, 0.25) is 0 Å². The average Bonchev–Trinajstić information content (AvgIpc) is 3.08. The number of nitrogens with one attached hydrogen (secondary N) is 1. The lowest BCUT2D eigenvalue weighted by molar-refractivity contribution is 0.178. The number of halogens is 1. The molecule has 1 unspecified atom stereocenters. The molecule has 0 bridgehead atoms. The third kappa shape index (κ3) is 4.70. The molecule has 0 spiro atoms. The van der Waals surface area contributed by atoms with E-state index in [1.807, 2.05) is 37.3 Å². The second kappa shape index (κ2) is 9.79. The second-order valence-electron chi connectivity index (χ2n) is 7.72. The van der Waals surface area contributed by atoms with Gasteiger partial charge >= 0.3 is 0 Å². The van der Waals surface area contributed by atoms with Gasteiger partial charge in [0.05, 0.1) is 36.1 Å². The van der Waals surface area contributed by atoms with Crippen LogP contribution in [0.5, 0.6) is 0 Å². The van der Waals surface area contributed by atoms with Crippen molar-refractivity contribution in [2.45, 2.75) is 19.5 Å². The smallest absolute Gasteiger partial charge is 0.275 e. The van der Waals surface area contributed by atoms with Gasteiger partial charge < -0.3 is 10.1 Å². The topological polar surface area (TPSA) is 74.0 Å². The summed E-state index contributed by atoms with van der Waals surface area (Å²) in [4.78, 5) is 22.4. The van der Waals surface area contributed by atoms with E-state index in [0.29, 0.717) is 41.6 Å². The van der Waals surface area contributed by atoms with Gasteiger partial charge in [-0.3, -0.25) is 9.48 Å². The molecule has 1 N–H and O–H groups in total. The van der Waals surface area contributed by atoms with Crippen LogP contribution in [0.4, 0.5) is 10.3 Å². The first-order valence-electron chi connectivity index (χ1n) is 10.7. The van der Waals surface area contributed by atoms with Crippen LogP contribution in [0.1, 0.15) is 18.5 Å². The molecule has 0 saturated carbocycles. The average molecular weight is 448 g/mol. The normalized spacial score (nSPS) is 12.0. The lowest BCUT2D eigenvalue weighted by Gasteiger charge is -2.15. The van der Waals surface area contributed by atoms with Gasteiger partial charge in [-0.2, -0.15) is 0 Å². The Hall–Kier alpha value is -3.78. The molecule has 0 aliphatic heterocycles. The molecule has 2 heterocycles. The molecule has 4 rings (SSSR count). The number of hydrogen-bond donors (Lipinski definition) is 1. The van der Waals surface area contributed by atoms with Crippen molar-refractivity contribution < 1.29 is 9.13 Å². The van der Waals surface area contributed by atoms with E-state index in [0.717, 1.165) is 5.56 Å². The second-order valence-corrected chi connectivity index (χ2v) is 7.72. The van der Waals surface area contributed by atoms with Gasteiger partial charge in [0.1, 0.15) is 5.82 Å². The van der Waals surface area contributed by atoms with Crippen molar-refractivity contribution >= 4 is 5.95 Å². The molecular formula is C25H26FN5O2. The maximum absolute atomic E-state index is 13.6.